The van der Waals surface area contributed by atoms with Crippen molar-refractivity contribution >= 4 is 42.8 Å². The number of hydrogen-bond acceptors (Lipinski definition) is 6. The van der Waals surface area contributed by atoms with E-state index in [1.165, 1.54) is 37.4 Å². The normalized spacial score (nSPS) is 12.3. The molecule has 2 aromatic rings. The first-order chi connectivity index (χ1) is 11.7. The average molecular weight is 403 g/mol. The highest BCUT2D eigenvalue weighted by Gasteiger charge is 2.23. The third-order valence-corrected chi connectivity index (χ3v) is 8.33. The molecule has 0 unspecified atom stereocenters. The first-order valence-corrected chi connectivity index (χ1v) is 11.3. The summed E-state index contributed by atoms with van der Waals surface area (Å²) in [4.78, 5) is 12.2. The number of nitrogens with one attached hydrogen (secondary N) is 1. The average Bonchev–Trinajstić information content (AvgIpc) is 3.10. The van der Waals surface area contributed by atoms with Crippen molar-refractivity contribution in [3.63, 3.8) is 0 Å². The molecule has 1 heterocycles. The van der Waals surface area contributed by atoms with Crippen molar-refractivity contribution in [3.05, 3.63) is 41.8 Å². The van der Waals surface area contributed by atoms with Gasteiger partial charge < -0.3 is 5.32 Å². The van der Waals surface area contributed by atoms with Gasteiger partial charge in [0.2, 0.25) is 5.91 Å². The number of rotatable bonds is 7. The number of likely N-dealkylation sites (N-methyl/N-ethyl adjacent to an activating group) is 1. The minimum Gasteiger partial charge on any atom is -0.325 e. The number of nitrogens with zero attached hydrogens (tertiary/aromatic N) is 1. The second-order valence-electron chi connectivity index (χ2n) is 5.17. The van der Waals surface area contributed by atoms with Gasteiger partial charge in [-0.2, -0.15) is 4.31 Å². The maximum atomic E-state index is 12.3. The Hall–Kier alpha value is -1.75. The van der Waals surface area contributed by atoms with Crippen molar-refractivity contribution in [2.45, 2.75) is 16.0 Å². The van der Waals surface area contributed by atoms with E-state index in [0.29, 0.717) is 5.69 Å². The van der Waals surface area contributed by atoms with Crippen LogP contribution in [0, 0.1) is 0 Å². The maximum absolute atomic E-state index is 12.3. The third-order valence-electron chi connectivity index (χ3n) is 3.40. The molecule has 136 valence electrons. The van der Waals surface area contributed by atoms with Crippen LogP contribution in [0.4, 0.5) is 5.69 Å². The summed E-state index contributed by atoms with van der Waals surface area (Å²) in [5.41, 5.74) is 0.391. The van der Waals surface area contributed by atoms with Crippen LogP contribution in [0.2, 0.25) is 0 Å². The summed E-state index contributed by atoms with van der Waals surface area (Å²) in [6.07, 6.45) is 0. The van der Waals surface area contributed by atoms with Crippen LogP contribution in [-0.2, 0) is 24.7 Å². The summed E-state index contributed by atoms with van der Waals surface area (Å²) >= 11 is 1.08. The van der Waals surface area contributed by atoms with Crippen molar-refractivity contribution in [2.75, 3.05) is 24.7 Å². The zero-order chi connectivity index (χ0) is 18.7. The molecule has 0 radical (unpaired) electrons. The van der Waals surface area contributed by atoms with E-state index in [1.54, 1.807) is 18.4 Å². The number of sulfone groups is 1. The molecule has 1 N–H and O–H groups in total. The van der Waals surface area contributed by atoms with E-state index in [2.05, 4.69) is 5.32 Å². The van der Waals surface area contributed by atoms with Gasteiger partial charge in [-0.1, -0.05) is 13.0 Å². The van der Waals surface area contributed by atoms with Gasteiger partial charge in [0, 0.05) is 12.7 Å². The number of sulfonamides is 1. The van der Waals surface area contributed by atoms with Crippen LogP contribution in [0.25, 0.3) is 0 Å². The van der Waals surface area contributed by atoms with E-state index in [0.717, 1.165) is 15.6 Å². The van der Waals surface area contributed by atoms with Gasteiger partial charge in [0.05, 0.1) is 17.2 Å². The van der Waals surface area contributed by atoms with Crippen molar-refractivity contribution in [2.24, 2.45) is 0 Å². The minimum atomic E-state index is -3.70. The third kappa shape index (κ3) is 4.66. The predicted molar refractivity (Wildman–Crippen MR) is 96.9 cm³/mol. The summed E-state index contributed by atoms with van der Waals surface area (Å²) in [5.74, 6) is -0.530. The summed E-state index contributed by atoms with van der Waals surface area (Å²) in [6, 6.07) is 8.84. The van der Waals surface area contributed by atoms with E-state index in [9.17, 15) is 21.6 Å². The second-order valence-corrected chi connectivity index (χ2v) is 10.7. The molecule has 1 aromatic heterocycles. The highest BCUT2D eigenvalue weighted by Crippen LogP contribution is 2.20. The van der Waals surface area contributed by atoms with E-state index < -0.39 is 25.8 Å². The maximum Gasteiger partial charge on any atom is 0.252 e. The standard InChI is InChI=1S/C15H18N2O5S3/c1-3-24(19,20)13-8-6-12(7-9-13)16-14(18)11-17(2)25(21,22)15-5-4-10-23-15/h4-10H,3,11H2,1-2H3,(H,16,18). The Kier molecular flexibility index (Phi) is 5.99. The Morgan fingerprint density at radius 1 is 1.12 bits per heavy atom. The predicted octanol–water partition coefficient (Wildman–Crippen LogP) is 1.80. The summed E-state index contributed by atoms with van der Waals surface area (Å²) < 4.78 is 49.1. The van der Waals surface area contributed by atoms with Crippen LogP contribution >= 0.6 is 11.3 Å². The van der Waals surface area contributed by atoms with E-state index in [-0.39, 0.29) is 21.4 Å². The largest absolute Gasteiger partial charge is 0.325 e. The Balaban J connectivity index is 2.03. The monoisotopic (exact) mass is 402 g/mol. The summed E-state index contributed by atoms with van der Waals surface area (Å²) in [5, 5.41) is 4.20. The first kappa shape index (κ1) is 19.6. The van der Waals surface area contributed by atoms with Crippen molar-refractivity contribution in [1.29, 1.82) is 0 Å². The first-order valence-electron chi connectivity index (χ1n) is 7.29. The molecule has 0 fully saturated rings. The van der Waals surface area contributed by atoms with Crippen LogP contribution < -0.4 is 5.32 Å². The van der Waals surface area contributed by atoms with Gasteiger partial charge in [-0.25, -0.2) is 16.8 Å². The van der Waals surface area contributed by atoms with Crippen LogP contribution in [0.1, 0.15) is 6.92 Å². The van der Waals surface area contributed by atoms with Gasteiger partial charge in [0.1, 0.15) is 4.21 Å². The highest BCUT2D eigenvalue weighted by atomic mass is 32.2. The van der Waals surface area contributed by atoms with Gasteiger partial charge in [0.15, 0.2) is 9.84 Å². The molecular formula is C15H18N2O5S3. The molecular weight excluding hydrogens is 384 g/mol. The molecule has 0 aliphatic rings. The van der Waals surface area contributed by atoms with Crippen LogP contribution in [0.3, 0.4) is 0 Å². The number of amides is 1. The fourth-order valence-electron chi connectivity index (χ4n) is 1.96. The van der Waals surface area contributed by atoms with Gasteiger partial charge in [-0.3, -0.25) is 4.79 Å². The molecule has 1 amide bonds. The van der Waals surface area contributed by atoms with Crippen molar-refractivity contribution in [1.82, 2.24) is 4.31 Å². The molecule has 7 nitrogen and oxygen atoms in total. The molecule has 10 heteroatoms. The minimum absolute atomic E-state index is 0.00984. The lowest BCUT2D eigenvalue weighted by atomic mass is 10.3. The van der Waals surface area contributed by atoms with Gasteiger partial charge in [-0.05, 0) is 35.7 Å². The lowest BCUT2D eigenvalue weighted by Crippen LogP contribution is -2.34. The van der Waals surface area contributed by atoms with Gasteiger partial charge in [-0.15, -0.1) is 11.3 Å². The number of carbonyl (C=O) groups is 1. The van der Waals surface area contributed by atoms with Gasteiger partial charge >= 0.3 is 0 Å². The van der Waals surface area contributed by atoms with Crippen LogP contribution in [0.5, 0.6) is 0 Å². The zero-order valence-corrected chi connectivity index (χ0v) is 16.1. The van der Waals surface area contributed by atoms with E-state index in [4.69, 9.17) is 0 Å². The molecule has 0 aliphatic heterocycles. The van der Waals surface area contributed by atoms with Crippen LogP contribution in [-0.4, -0.2) is 46.4 Å². The van der Waals surface area contributed by atoms with Crippen molar-refractivity contribution < 1.29 is 21.6 Å². The molecule has 0 saturated carbocycles. The molecule has 0 aliphatic carbocycles. The van der Waals surface area contributed by atoms with E-state index >= 15 is 0 Å². The Labute approximate surface area is 151 Å². The number of carbonyl (C=O) groups excluding carboxylic acids is 1. The molecule has 0 spiro atoms. The van der Waals surface area contributed by atoms with E-state index in [1.807, 2.05) is 0 Å². The number of anilines is 1. The fraction of sp³-hybridized carbons (Fsp3) is 0.267. The lowest BCUT2D eigenvalue weighted by molar-refractivity contribution is -0.116. The second kappa shape index (κ2) is 7.65. The molecule has 2 rings (SSSR count). The topological polar surface area (TPSA) is 101 Å². The van der Waals surface area contributed by atoms with Gasteiger partial charge in [0.25, 0.3) is 10.0 Å². The Morgan fingerprint density at radius 2 is 1.76 bits per heavy atom. The van der Waals surface area contributed by atoms with Crippen molar-refractivity contribution in [3.8, 4) is 0 Å². The summed E-state index contributed by atoms with van der Waals surface area (Å²) in [7, 11) is -5.68. The number of benzene rings is 1. The lowest BCUT2D eigenvalue weighted by Gasteiger charge is -2.15. The molecule has 0 bridgehead atoms. The molecule has 0 saturated heterocycles. The number of hydrogen-bond donors (Lipinski definition) is 1. The molecule has 1 aromatic carbocycles. The van der Waals surface area contributed by atoms with Crippen LogP contribution in [0.15, 0.2) is 50.9 Å². The Bertz CT molecular complexity index is 934. The summed E-state index contributed by atoms with van der Waals surface area (Å²) in [6.45, 7) is 1.20. The highest BCUT2D eigenvalue weighted by molar-refractivity contribution is 7.91. The molecule has 25 heavy (non-hydrogen) atoms. The number of thiophene rings is 1. The Morgan fingerprint density at radius 3 is 2.28 bits per heavy atom. The smallest absolute Gasteiger partial charge is 0.252 e. The fourth-order valence-corrected chi connectivity index (χ4v) is 5.18. The zero-order valence-electron chi connectivity index (χ0n) is 13.7. The SMILES string of the molecule is CCS(=O)(=O)c1ccc(NC(=O)CN(C)S(=O)(=O)c2cccs2)cc1. The molecule has 0 atom stereocenters. The quantitative estimate of drug-likeness (QED) is 0.761.